The van der Waals surface area contributed by atoms with E-state index >= 15 is 0 Å². The third kappa shape index (κ3) is 2.69. The van der Waals surface area contributed by atoms with Crippen molar-refractivity contribution < 1.29 is 14.3 Å². The zero-order valence-corrected chi connectivity index (χ0v) is 16.4. The number of hydrogen-bond donors (Lipinski definition) is 1. The van der Waals surface area contributed by atoms with Crippen LogP contribution in [-0.2, 0) is 0 Å². The number of aryl methyl sites for hydroxylation is 2. The third-order valence-electron chi connectivity index (χ3n) is 5.35. The van der Waals surface area contributed by atoms with Gasteiger partial charge in [-0.25, -0.2) is 4.98 Å². The molecule has 0 aliphatic carbocycles. The van der Waals surface area contributed by atoms with E-state index in [9.17, 15) is 14.7 Å². The van der Waals surface area contributed by atoms with Crippen molar-refractivity contribution in [2.75, 3.05) is 4.90 Å². The number of amides is 1. The van der Waals surface area contributed by atoms with Crippen LogP contribution in [0.15, 0.2) is 70.0 Å². The molecule has 0 radical (unpaired) electrons. The summed E-state index contributed by atoms with van der Waals surface area (Å²) in [6.45, 7) is 3.80. The molecule has 2 aromatic carbocycles. The summed E-state index contributed by atoms with van der Waals surface area (Å²) in [5.74, 6) is 0.0255. The Kier molecular flexibility index (Phi) is 3.96. The van der Waals surface area contributed by atoms with Gasteiger partial charge in [0, 0.05) is 6.20 Å². The third-order valence-corrected chi connectivity index (χ3v) is 5.35. The number of aromatic hydroxyl groups is 1. The minimum absolute atomic E-state index is 0.00655. The molecular formula is C24H18N2O4. The van der Waals surface area contributed by atoms with Crippen molar-refractivity contribution in [2.24, 2.45) is 0 Å². The molecule has 1 atom stereocenters. The van der Waals surface area contributed by atoms with Crippen LogP contribution in [0.5, 0.6) is 5.75 Å². The summed E-state index contributed by atoms with van der Waals surface area (Å²) in [4.78, 5) is 32.8. The number of benzene rings is 2. The highest BCUT2D eigenvalue weighted by Crippen LogP contribution is 2.41. The quantitative estimate of drug-likeness (QED) is 0.545. The van der Waals surface area contributed by atoms with Gasteiger partial charge >= 0.3 is 0 Å². The summed E-state index contributed by atoms with van der Waals surface area (Å²) in [6, 6.07) is 14.7. The Morgan fingerprint density at radius 2 is 1.80 bits per heavy atom. The van der Waals surface area contributed by atoms with E-state index in [2.05, 4.69) is 4.98 Å². The van der Waals surface area contributed by atoms with Crippen LogP contribution < -0.4 is 10.3 Å². The number of pyridine rings is 1. The first-order valence-corrected chi connectivity index (χ1v) is 9.56. The molecular weight excluding hydrogens is 380 g/mol. The summed E-state index contributed by atoms with van der Waals surface area (Å²) in [7, 11) is 0. The molecule has 1 N–H and O–H groups in total. The first kappa shape index (κ1) is 18.1. The Hall–Kier alpha value is -3.93. The van der Waals surface area contributed by atoms with Gasteiger partial charge in [-0.1, -0.05) is 29.8 Å². The lowest BCUT2D eigenvalue weighted by Gasteiger charge is -2.24. The Morgan fingerprint density at radius 3 is 2.53 bits per heavy atom. The van der Waals surface area contributed by atoms with Gasteiger partial charge in [0.1, 0.15) is 17.2 Å². The second kappa shape index (κ2) is 6.56. The first-order chi connectivity index (χ1) is 14.4. The van der Waals surface area contributed by atoms with Crippen LogP contribution in [0.4, 0.5) is 5.82 Å². The largest absolute Gasteiger partial charge is 0.508 e. The molecule has 4 aromatic rings. The van der Waals surface area contributed by atoms with Gasteiger partial charge in [0.25, 0.3) is 5.91 Å². The predicted octanol–water partition coefficient (Wildman–Crippen LogP) is 4.26. The minimum atomic E-state index is -0.754. The molecule has 2 aromatic heterocycles. The van der Waals surface area contributed by atoms with Gasteiger partial charge in [0.15, 0.2) is 5.43 Å². The minimum Gasteiger partial charge on any atom is -0.508 e. The van der Waals surface area contributed by atoms with Crippen molar-refractivity contribution >= 4 is 22.7 Å². The highest BCUT2D eigenvalue weighted by atomic mass is 16.3. The van der Waals surface area contributed by atoms with E-state index in [1.165, 1.54) is 4.90 Å². The molecule has 0 bridgehead atoms. The molecule has 0 saturated carbocycles. The molecule has 148 valence electrons. The van der Waals surface area contributed by atoms with Crippen molar-refractivity contribution in [3.8, 4) is 5.75 Å². The number of phenolic OH excluding ortho intramolecular Hbond substituents is 1. The summed E-state index contributed by atoms with van der Waals surface area (Å²) in [5, 5.41) is 10.5. The van der Waals surface area contributed by atoms with Crippen molar-refractivity contribution in [3.63, 3.8) is 0 Å². The number of fused-ring (bicyclic) bond motifs is 2. The van der Waals surface area contributed by atoms with Gasteiger partial charge in [-0.3, -0.25) is 14.5 Å². The Bertz CT molecular complexity index is 1370. The highest BCUT2D eigenvalue weighted by Gasteiger charge is 2.44. The summed E-state index contributed by atoms with van der Waals surface area (Å²) < 4.78 is 5.93. The van der Waals surface area contributed by atoms with E-state index in [1.54, 1.807) is 48.7 Å². The first-order valence-electron chi connectivity index (χ1n) is 9.56. The fourth-order valence-corrected chi connectivity index (χ4v) is 3.94. The van der Waals surface area contributed by atoms with Gasteiger partial charge < -0.3 is 9.52 Å². The van der Waals surface area contributed by atoms with Gasteiger partial charge in [0.05, 0.1) is 17.0 Å². The molecule has 30 heavy (non-hydrogen) atoms. The number of carbonyl (C=O) groups excluding carboxylic acids is 1. The van der Waals surface area contributed by atoms with Crippen LogP contribution in [0.3, 0.4) is 0 Å². The van der Waals surface area contributed by atoms with Crippen LogP contribution in [0, 0.1) is 13.8 Å². The lowest BCUT2D eigenvalue weighted by atomic mass is 9.98. The van der Waals surface area contributed by atoms with Crippen LogP contribution in [0.2, 0.25) is 0 Å². The number of nitrogens with zero attached hydrogens (tertiary/aromatic N) is 2. The highest BCUT2D eigenvalue weighted by molar-refractivity contribution is 6.10. The smallest absolute Gasteiger partial charge is 0.296 e. The van der Waals surface area contributed by atoms with Crippen molar-refractivity contribution in [3.05, 3.63) is 99.0 Å². The maximum atomic E-state index is 13.5. The van der Waals surface area contributed by atoms with E-state index in [0.717, 1.165) is 11.1 Å². The fraction of sp³-hybridized carbons (Fsp3) is 0.125. The van der Waals surface area contributed by atoms with Gasteiger partial charge in [0.2, 0.25) is 5.76 Å². The van der Waals surface area contributed by atoms with E-state index in [-0.39, 0.29) is 22.5 Å². The molecule has 0 fully saturated rings. The standard InChI is InChI=1S/C24H18N2O4/c1-13-6-8-18-17(10-13)22(28)20-21(15-4-3-5-16(27)11-15)26(24(29)23(20)30-18)19-9-7-14(2)12-25-19/h3-12,21,27H,1-2H3. The lowest BCUT2D eigenvalue weighted by molar-refractivity contribution is 0.0970. The van der Waals surface area contributed by atoms with Crippen molar-refractivity contribution in [1.29, 1.82) is 0 Å². The normalized spacial score (nSPS) is 15.6. The van der Waals surface area contributed by atoms with Gasteiger partial charge in [-0.05, 0) is 55.3 Å². The van der Waals surface area contributed by atoms with Crippen molar-refractivity contribution in [2.45, 2.75) is 19.9 Å². The van der Waals surface area contributed by atoms with E-state index in [4.69, 9.17) is 4.42 Å². The topological polar surface area (TPSA) is 83.6 Å². The molecule has 5 rings (SSSR count). The molecule has 6 heteroatoms. The van der Waals surface area contributed by atoms with Crippen molar-refractivity contribution in [1.82, 2.24) is 4.98 Å². The summed E-state index contributed by atoms with van der Waals surface area (Å²) in [6.07, 6.45) is 1.67. The zero-order valence-electron chi connectivity index (χ0n) is 16.4. The molecule has 3 heterocycles. The Balaban J connectivity index is 1.83. The number of carbonyl (C=O) groups is 1. The van der Waals surface area contributed by atoms with E-state index in [0.29, 0.717) is 22.4 Å². The maximum Gasteiger partial charge on any atom is 0.296 e. The number of aromatic nitrogens is 1. The second-order valence-electron chi connectivity index (χ2n) is 7.54. The van der Waals surface area contributed by atoms with Crippen LogP contribution in [-0.4, -0.2) is 16.0 Å². The monoisotopic (exact) mass is 398 g/mol. The molecule has 1 aliphatic heterocycles. The molecule has 6 nitrogen and oxygen atoms in total. The Morgan fingerprint density at radius 1 is 1.00 bits per heavy atom. The molecule has 1 amide bonds. The molecule has 1 aliphatic rings. The average Bonchev–Trinajstić information content (AvgIpc) is 3.02. The van der Waals surface area contributed by atoms with Crippen LogP contribution in [0.25, 0.3) is 11.0 Å². The Labute approximate surface area is 172 Å². The molecule has 1 unspecified atom stereocenters. The zero-order chi connectivity index (χ0) is 21.0. The average molecular weight is 398 g/mol. The molecule has 0 spiro atoms. The SMILES string of the molecule is Cc1ccc(N2C(=O)c3oc4ccc(C)cc4c(=O)c3C2c2cccc(O)c2)nc1. The summed E-state index contributed by atoms with van der Waals surface area (Å²) in [5.41, 5.74) is 2.84. The maximum absolute atomic E-state index is 13.5. The predicted molar refractivity (Wildman–Crippen MR) is 113 cm³/mol. The number of hydrogen-bond acceptors (Lipinski definition) is 5. The number of phenols is 1. The lowest BCUT2D eigenvalue weighted by Crippen LogP contribution is -2.30. The molecule has 0 saturated heterocycles. The van der Waals surface area contributed by atoms with E-state index < -0.39 is 11.9 Å². The van der Waals surface area contributed by atoms with Gasteiger partial charge in [-0.2, -0.15) is 0 Å². The second-order valence-corrected chi connectivity index (χ2v) is 7.54. The number of anilines is 1. The van der Waals surface area contributed by atoms with E-state index in [1.807, 2.05) is 26.0 Å². The van der Waals surface area contributed by atoms with Crippen LogP contribution >= 0.6 is 0 Å². The van der Waals surface area contributed by atoms with Crippen LogP contribution in [0.1, 0.15) is 38.9 Å². The fourth-order valence-electron chi connectivity index (χ4n) is 3.94. The summed E-state index contributed by atoms with van der Waals surface area (Å²) >= 11 is 0. The van der Waals surface area contributed by atoms with Gasteiger partial charge in [-0.15, -0.1) is 0 Å². The number of rotatable bonds is 2.